The Labute approximate surface area is 82.4 Å². The highest BCUT2D eigenvalue weighted by molar-refractivity contribution is 4.65. The van der Waals surface area contributed by atoms with Gasteiger partial charge in [0, 0.05) is 0 Å². The summed E-state index contributed by atoms with van der Waals surface area (Å²) in [5.74, 6) is 0. The molecule has 0 aromatic carbocycles. The number of rotatable bonds is 9. The highest BCUT2D eigenvalue weighted by atomic mass is 16.5. The van der Waals surface area contributed by atoms with Crippen molar-refractivity contribution in [3.05, 3.63) is 12.7 Å². The first-order valence-electron chi connectivity index (χ1n) is 5.24. The van der Waals surface area contributed by atoms with E-state index < -0.39 is 0 Å². The van der Waals surface area contributed by atoms with Crippen LogP contribution in [-0.4, -0.2) is 25.8 Å². The average Bonchev–Trinajstić information content (AvgIpc) is 2.13. The Hall–Kier alpha value is -0.340. The third-order valence-electron chi connectivity index (χ3n) is 1.94. The fourth-order valence-corrected chi connectivity index (χ4v) is 1.13. The molecular weight excluding hydrogens is 162 g/mol. The molecule has 1 N–H and O–H groups in total. The van der Waals surface area contributed by atoms with E-state index in [2.05, 4.69) is 25.7 Å². The van der Waals surface area contributed by atoms with Crippen LogP contribution in [0.3, 0.4) is 0 Å². The summed E-state index contributed by atoms with van der Waals surface area (Å²) in [6.07, 6.45) is 5.58. The molecule has 0 aliphatic carbocycles. The van der Waals surface area contributed by atoms with Gasteiger partial charge in [0.05, 0.1) is 12.7 Å². The molecule has 1 atom stereocenters. The lowest BCUT2D eigenvalue weighted by Crippen LogP contribution is -2.17. The lowest BCUT2D eigenvalue weighted by Gasteiger charge is -2.11. The summed E-state index contributed by atoms with van der Waals surface area (Å²) in [7, 11) is 0. The van der Waals surface area contributed by atoms with Gasteiger partial charge in [0.15, 0.2) is 0 Å². The second kappa shape index (κ2) is 9.75. The van der Waals surface area contributed by atoms with Gasteiger partial charge in [-0.15, -0.1) is 6.58 Å². The molecule has 0 aliphatic heterocycles. The SMILES string of the molecule is C=CCCOC(C)CCCNCC. The molecule has 0 rings (SSSR count). The molecular formula is C11H23NO. The Morgan fingerprint density at radius 2 is 2.31 bits per heavy atom. The Balaban J connectivity index is 3.09. The van der Waals surface area contributed by atoms with Gasteiger partial charge < -0.3 is 10.1 Å². The van der Waals surface area contributed by atoms with E-state index in [-0.39, 0.29) is 0 Å². The average molecular weight is 185 g/mol. The monoisotopic (exact) mass is 185 g/mol. The minimum Gasteiger partial charge on any atom is -0.378 e. The quantitative estimate of drug-likeness (QED) is 0.440. The van der Waals surface area contributed by atoms with Crippen molar-refractivity contribution < 1.29 is 4.74 Å². The van der Waals surface area contributed by atoms with E-state index in [9.17, 15) is 0 Å². The van der Waals surface area contributed by atoms with Gasteiger partial charge in [-0.05, 0) is 39.3 Å². The maximum Gasteiger partial charge on any atom is 0.0547 e. The van der Waals surface area contributed by atoms with Crippen LogP contribution in [0.2, 0.25) is 0 Å². The zero-order chi connectivity index (χ0) is 9.94. The molecule has 0 amide bonds. The molecule has 0 aromatic heterocycles. The summed E-state index contributed by atoms with van der Waals surface area (Å²) in [6, 6.07) is 0. The van der Waals surface area contributed by atoms with Crippen molar-refractivity contribution in [3.8, 4) is 0 Å². The summed E-state index contributed by atoms with van der Waals surface area (Å²) < 4.78 is 5.56. The maximum absolute atomic E-state index is 5.56. The molecule has 0 bridgehead atoms. The third kappa shape index (κ3) is 9.57. The van der Waals surface area contributed by atoms with Crippen molar-refractivity contribution in [2.75, 3.05) is 19.7 Å². The molecule has 0 saturated carbocycles. The summed E-state index contributed by atoms with van der Waals surface area (Å²) in [5, 5.41) is 3.30. The van der Waals surface area contributed by atoms with E-state index in [0.29, 0.717) is 6.10 Å². The highest BCUT2D eigenvalue weighted by Gasteiger charge is 1.99. The predicted octanol–water partition coefficient (Wildman–Crippen LogP) is 2.36. The molecule has 13 heavy (non-hydrogen) atoms. The normalized spacial score (nSPS) is 12.8. The van der Waals surface area contributed by atoms with Gasteiger partial charge in [0.2, 0.25) is 0 Å². The molecule has 0 heterocycles. The van der Waals surface area contributed by atoms with Crippen LogP contribution in [0.5, 0.6) is 0 Å². The Morgan fingerprint density at radius 1 is 1.54 bits per heavy atom. The van der Waals surface area contributed by atoms with Crippen molar-refractivity contribution >= 4 is 0 Å². The Morgan fingerprint density at radius 3 is 2.92 bits per heavy atom. The van der Waals surface area contributed by atoms with E-state index in [1.165, 1.54) is 6.42 Å². The van der Waals surface area contributed by atoms with Crippen LogP contribution in [0.4, 0.5) is 0 Å². The van der Waals surface area contributed by atoms with Gasteiger partial charge >= 0.3 is 0 Å². The van der Waals surface area contributed by atoms with Crippen LogP contribution in [0.15, 0.2) is 12.7 Å². The van der Waals surface area contributed by atoms with Crippen molar-refractivity contribution in [1.29, 1.82) is 0 Å². The standard InChI is InChI=1S/C11H23NO/c1-4-6-10-13-11(3)8-7-9-12-5-2/h4,11-12H,1,5-10H2,2-3H3. The molecule has 2 nitrogen and oxygen atoms in total. The van der Waals surface area contributed by atoms with Gasteiger partial charge in [-0.25, -0.2) is 0 Å². The lowest BCUT2D eigenvalue weighted by molar-refractivity contribution is 0.0624. The van der Waals surface area contributed by atoms with E-state index in [4.69, 9.17) is 4.74 Å². The molecule has 78 valence electrons. The molecule has 0 saturated heterocycles. The first-order valence-corrected chi connectivity index (χ1v) is 5.24. The predicted molar refractivity (Wildman–Crippen MR) is 58.0 cm³/mol. The van der Waals surface area contributed by atoms with Crippen LogP contribution in [0, 0.1) is 0 Å². The van der Waals surface area contributed by atoms with Gasteiger partial charge in [0.25, 0.3) is 0 Å². The van der Waals surface area contributed by atoms with Gasteiger partial charge in [-0.1, -0.05) is 13.0 Å². The van der Waals surface area contributed by atoms with Crippen LogP contribution < -0.4 is 5.32 Å². The number of ether oxygens (including phenoxy) is 1. The van der Waals surface area contributed by atoms with Crippen LogP contribution >= 0.6 is 0 Å². The zero-order valence-electron chi connectivity index (χ0n) is 9.01. The van der Waals surface area contributed by atoms with Gasteiger partial charge in [-0.3, -0.25) is 0 Å². The smallest absolute Gasteiger partial charge is 0.0547 e. The second-order valence-electron chi connectivity index (χ2n) is 3.25. The Kier molecular flexibility index (Phi) is 9.49. The van der Waals surface area contributed by atoms with Gasteiger partial charge in [-0.2, -0.15) is 0 Å². The Bertz CT molecular complexity index is 115. The van der Waals surface area contributed by atoms with Crippen molar-refractivity contribution in [1.82, 2.24) is 5.32 Å². The minimum atomic E-state index is 0.388. The largest absolute Gasteiger partial charge is 0.378 e. The van der Waals surface area contributed by atoms with E-state index in [1.807, 2.05) is 6.08 Å². The first-order chi connectivity index (χ1) is 6.31. The highest BCUT2D eigenvalue weighted by Crippen LogP contribution is 2.01. The van der Waals surface area contributed by atoms with Crippen LogP contribution in [0.25, 0.3) is 0 Å². The molecule has 0 spiro atoms. The molecule has 2 heteroatoms. The summed E-state index contributed by atoms with van der Waals surface area (Å²) in [4.78, 5) is 0. The number of nitrogens with one attached hydrogen (secondary N) is 1. The van der Waals surface area contributed by atoms with Crippen molar-refractivity contribution in [2.24, 2.45) is 0 Å². The molecule has 0 radical (unpaired) electrons. The molecule has 0 fully saturated rings. The molecule has 0 aliphatic rings. The van der Waals surface area contributed by atoms with Crippen LogP contribution in [0.1, 0.15) is 33.1 Å². The topological polar surface area (TPSA) is 21.3 Å². The zero-order valence-corrected chi connectivity index (χ0v) is 9.01. The maximum atomic E-state index is 5.56. The fourth-order valence-electron chi connectivity index (χ4n) is 1.13. The lowest BCUT2D eigenvalue weighted by atomic mass is 10.2. The van der Waals surface area contributed by atoms with Crippen molar-refractivity contribution in [3.63, 3.8) is 0 Å². The van der Waals surface area contributed by atoms with E-state index in [0.717, 1.165) is 32.5 Å². The number of hydrogen-bond donors (Lipinski definition) is 1. The first kappa shape index (κ1) is 12.7. The minimum absolute atomic E-state index is 0.388. The van der Waals surface area contributed by atoms with E-state index >= 15 is 0 Å². The fraction of sp³-hybridized carbons (Fsp3) is 0.818. The van der Waals surface area contributed by atoms with Crippen LogP contribution in [-0.2, 0) is 4.74 Å². The van der Waals surface area contributed by atoms with Crippen molar-refractivity contribution in [2.45, 2.75) is 39.2 Å². The summed E-state index contributed by atoms with van der Waals surface area (Å²) >= 11 is 0. The molecule has 0 aromatic rings. The summed E-state index contributed by atoms with van der Waals surface area (Å²) in [5.41, 5.74) is 0. The second-order valence-corrected chi connectivity index (χ2v) is 3.25. The third-order valence-corrected chi connectivity index (χ3v) is 1.94. The van der Waals surface area contributed by atoms with E-state index in [1.54, 1.807) is 0 Å². The summed E-state index contributed by atoms with van der Waals surface area (Å²) in [6.45, 7) is 10.9. The van der Waals surface area contributed by atoms with Gasteiger partial charge in [0.1, 0.15) is 0 Å². The number of hydrogen-bond acceptors (Lipinski definition) is 2. The molecule has 1 unspecified atom stereocenters.